The Morgan fingerprint density at radius 3 is 2.71 bits per heavy atom. The van der Waals surface area contributed by atoms with Crippen LogP contribution in [-0.4, -0.2) is 54.2 Å². The van der Waals surface area contributed by atoms with Gasteiger partial charge in [-0.05, 0) is 18.1 Å². The van der Waals surface area contributed by atoms with Crippen molar-refractivity contribution in [1.29, 1.82) is 0 Å². The fraction of sp³-hybridized carbons (Fsp3) is 0.400. The molecule has 6 bridgehead atoms. The Morgan fingerprint density at radius 1 is 1.35 bits per heavy atom. The minimum atomic E-state index is -1.04. The van der Waals surface area contributed by atoms with Crippen LogP contribution in [0.4, 0.5) is 14.9 Å². The minimum Gasteiger partial charge on any atom is -0.441 e. The first-order valence-corrected chi connectivity index (χ1v) is 11.4. The van der Waals surface area contributed by atoms with E-state index in [4.69, 9.17) is 9.57 Å². The molecule has 1 saturated heterocycles. The van der Waals surface area contributed by atoms with Gasteiger partial charge in [0, 0.05) is 36.4 Å². The number of allylic oxidation sites excluding steroid dienone is 6. The molecule has 8 nitrogen and oxygen atoms in total. The molecule has 9 heteroatoms. The number of hydrogen-bond acceptors (Lipinski definition) is 6. The molecule has 6 aliphatic rings. The van der Waals surface area contributed by atoms with E-state index >= 15 is 4.39 Å². The second kappa shape index (κ2) is 7.27. The maximum atomic E-state index is 16.7. The van der Waals surface area contributed by atoms with E-state index in [1.807, 2.05) is 31.2 Å². The predicted octanol–water partition coefficient (Wildman–Crippen LogP) is 2.46. The number of oxime groups is 1. The van der Waals surface area contributed by atoms with Crippen molar-refractivity contribution >= 4 is 23.4 Å². The smallest absolute Gasteiger partial charge is 0.414 e. The standard InChI is InChI=1S/C25H24FN3O5/c1-12(27-13(2)31)25(21-14-3-4-15(21)6-5-14)18-8-7-17(19-9-20(25)34-28-19)23(22(18)26)29-10-16(11-30)33-24(29)32/h3-8,12,16,20-21,30H,9-11H2,1-2H3,(H,27,31)/t12?,16-,20?,25?/m1/s1. The third kappa shape index (κ3) is 2.64. The second-order valence-electron chi connectivity index (χ2n) is 9.41. The Balaban J connectivity index is 1.61. The number of amides is 2. The molecule has 4 aliphatic carbocycles. The Bertz CT molecular complexity index is 1230. The van der Waals surface area contributed by atoms with Crippen molar-refractivity contribution in [3.8, 4) is 0 Å². The summed E-state index contributed by atoms with van der Waals surface area (Å²) in [6.07, 6.45) is 6.44. The zero-order valence-electron chi connectivity index (χ0n) is 18.7. The number of cyclic esters (lactones) is 1. The van der Waals surface area contributed by atoms with Gasteiger partial charge >= 0.3 is 6.09 Å². The topological polar surface area (TPSA) is 100 Å². The highest BCUT2D eigenvalue weighted by atomic mass is 19.1. The van der Waals surface area contributed by atoms with E-state index in [-0.39, 0.29) is 30.7 Å². The summed E-state index contributed by atoms with van der Waals surface area (Å²) in [6, 6.07) is 2.97. The number of carbonyl (C=O) groups excluding carboxylic acids is 2. The lowest BCUT2D eigenvalue weighted by Crippen LogP contribution is -2.60. The molecule has 2 aliphatic heterocycles. The van der Waals surface area contributed by atoms with E-state index in [1.54, 1.807) is 12.1 Å². The Labute approximate surface area is 195 Å². The summed E-state index contributed by atoms with van der Waals surface area (Å²) >= 11 is 0. The average molecular weight is 465 g/mol. The Hall–Kier alpha value is -3.46. The van der Waals surface area contributed by atoms with Gasteiger partial charge in [-0.25, -0.2) is 9.18 Å². The molecule has 0 saturated carbocycles. The number of halogens is 1. The van der Waals surface area contributed by atoms with Crippen LogP contribution in [0.15, 0.2) is 52.7 Å². The first kappa shape index (κ1) is 21.1. The fourth-order valence-electron chi connectivity index (χ4n) is 6.31. The van der Waals surface area contributed by atoms with E-state index in [1.165, 1.54) is 11.8 Å². The quantitative estimate of drug-likeness (QED) is 0.696. The first-order valence-electron chi connectivity index (χ1n) is 11.4. The number of nitrogens with zero attached hydrogens (tertiary/aromatic N) is 2. The highest BCUT2D eigenvalue weighted by molar-refractivity contribution is 6.09. The third-order valence-electron chi connectivity index (χ3n) is 7.66. The summed E-state index contributed by atoms with van der Waals surface area (Å²) in [5.74, 6) is -1.06. The normalized spacial score (nSPS) is 29.4. The number of aliphatic hydroxyl groups excluding tert-OH is 1. The number of aliphatic hydroxyl groups is 1. The highest BCUT2D eigenvalue weighted by Crippen LogP contribution is 2.57. The molecular formula is C25H24FN3O5. The van der Waals surface area contributed by atoms with Gasteiger partial charge in [-0.15, -0.1) is 0 Å². The van der Waals surface area contributed by atoms with E-state index in [2.05, 4.69) is 10.5 Å². The van der Waals surface area contributed by atoms with Crippen molar-refractivity contribution < 1.29 is 28.7 Å². The van der Waals surface area contributed by atoms with Crippen LogP contribution in [0.2, 0.25) is 0 Å². The predicted molar refractivity (Wildman–Crippen MR) is 121 cm³/mol. The molecule has 1 aromatic carbocycles. The van der Waals surface area contributed by atoms with Crippen molar-refractivity contribution in [1.82, 2.24) is 5.32 Å². The maximum Gasteiger partial charge on any atom is 0.414 e. The van der Waals surface area contributed by atoms with Gasteiger partial charge in [-0.2, -0.15) is 0 Å². The van der Waals surface area contributed by atoms with Crippen molar-refractivity contribution in [2.75, 3.05) is 18.1 Å². The molecule has 4 atom stereocenters. The number of benzene rings is 1. The third-order valence-corrected chi connectivity index (χ3v) is 7.66. The van der Waals surface area contributed by atoms with Crippen molar-refractivity contribution in [2.45, 2.75) is 43.9 Å². The molecule has 2 heterocycles. The molecule has 2 amide bonds. The van der Waals surface area contributed by atoms with Crippen molar-refractivity contribution in [3.63, 3.8) is 0 Å². The van der Waals surface area contributed by atoms with Crippen LogP contribution in [0.5, 0.6) is 0 Å². The second-order valence-corrected chi connectivity index (χ2v) is 9.41. The molecular weight excluding hydrogens is 441 g/mol. The van der Waals surface area contributed by atoms with Gasteiger partial charge in [0.25, 0.3) is 0 Å². The van der Waals surface area contributed by atoms with Gasteiger partial charge in [0.15, 0.2) is 5.82 Å². The molecule has 1 aromatic rings. The van der Waals surface area contributed by atoms with Crippen LogP contribution in [-0.2, 0) is 19.8 Å². The van der Waals surface area contributed by atoms with E-state index in [0.717, 1.165) is 11.1 Å². The molecule has 176 valence electrons. The number of rotatable bonds is 5. The molecule has 34 heavy (non-hydrogen) atoms. The van der Waals surface area contributed by atoms with Gasteiger partial charge in [0.2, 0.25) is 5.91 Å². The average Bonchev–Trinajstić information content (AvgIpc) is 3.59. The van der Waals surface area contributed by atoms with Crippen LogP contribution in [0, 0.1) is 11.7 Å². The van der Waals surface area contributed by atoms with E-state index < -0.39 is 35.6 Å². The van der Waals surface area contributed by atoms with Gasteiger partial charge in [-0.1, -0.05) is 41.6 Å². The monoisotopic (exact) mass is 465 g/mol. The number of fused-ring (bicyclic) bond motifs is 5. The lowest BCUT2D eigenvalue weighted by molar-refractivity contribution is -0.121. The molecule has 3 unspecified atom stereocenters. The van der Waals surface area contributed by atoms with E-state index in [0.29, 0.717) is 23.3 Å². The van der Waals surface area contributed by atoms with Crippen LogP contribution in [0.25, 0.3) is 0 Å². The van der Waals surface area contributed by atoms with Crippen LogP contribution in [0.1, 0.15) is 31.4 Å². The number of anilines is 1. The summed E-state index contributed by atoms with van der Waals surface area (Å²) in [4.78, 5) is 32.1. The summed E-state index contributed by atoms with van der Waals surface area (Å²) in [5, 5.41) is 16.8. The molecule has 0 radical (unpaired) electrons. The van der Waals surface area contributed by atoms with Gasteiger partial charge < -0.3 is 20.0 Å². The zero-order chi connectivity index (χ0) is 23.8. The maximum absolute atomic E-state index is 16.7. The minimum absolute atomic E-state index is 0.0236. The summed E-state index contributed by atoms with van der Waals surface area (Å²) in [5.41, 5.74) is 2.40. The molecule has 0 aromatic heterocycles. The molecule has 0 spiro atoms. The van der Waals surface area contributed by atoms with Gasteiger partial charge in [-0.3, -0.25) is 9.69 Å². The van der Waals surface area contributed by atoms with Gasteiger partial charge in [0.1, 0.15) is 12.2 Å². The molecule has 1 fully saturated rings. The lowest BCUT2D eigenvalue weighted by Gasteiger charge is -2.48. The summed E-state index contributed by atoms with van der Waals surface area (Å²) in [7, 11) is 0. The highest BCUT2D eigenvalue weighted by Gasteiger charge is 2.60. The van der Waals surface area contributed by atoms with Crippen LogP contribution < -0.4 is 10.2 Å². The number of ether oxygens (including phenoxy) is 1. The van der Waals surface area contributed by atoms with Crippen LogP contribution in [0.3, 0.4) is 0 Å². The zero-order valence-corrected chi connectivity index (χ0v) is 18.7. The number of nitrogens with one attached hydrogen (secondary N) is 1. The SMILES string of the molecule is CC(=O)NC(C)C1(C2C3=CC=C2C=C3)c2ccc(c(N3C[C@H](CO)OC3=O)c2F)C2=NOC1C2. The van der Waals surface area contributed by atoms with Crippen molar-refractivity contribution in [3.05, 3.63) is 64.5 Å². The number of carbonyl (C=O) groups is 2. The summed E-state index contributed by atoms with van der Waals surface area (Å²) < 4.78 is 21.9. The lowest BCUT2D eigenvalue weighted by atomic mass is 9.58. The first-order chi connectivity index (χ1) is 16.4. The van der Waals surface area contributed by atoms with Crippen molar-refractivity contribution in [2.24, 2.45) is 11.1 Å². The Kier molecular flexibility index (Phi) is 4.51. The largest absolute Gasteiger partial charge is 0.441 e. The molecule has 7 rings (SSSR count). The van der Waals surface area contributed by atoms with E-state index in [9.17, 15) is 14.7 Å². The summed E-state index contributed by atoms with van der Waals surface area (Å²) in [6.45, 7) is 2.97. The Morgan fingerprint density at radius 2 is 2.09 bits per heavy atom. The van der Waals surface area contributed by atoms with Crippen LogP contribution >= 0.6 is 0 Å². The molecule has 2 N–H and O–H groups in total. The number of hydrogen-bond donors (Lipinski definition) is 2. The van der Waals surface area contributed by atoms with Gasteiger partial charge in [0.05, 0.1) is 30.0 Å². The fourth-order valence-corrected chi connectivity index (χ4v) is 6.31.